The van der Waals surface area contributed by atoms with Crippen molar-refractivity contribution in [3.63, 3.8) is 0 Å². The zero-order valence-corrected chi connectivity index (χ0v) is 14.2. The molecule has 0 bridgehead atoms. The average molecular weight is 337 g/mol. The first kappa shape index (κ1) is 16.8. The molecule has 1 amide bonds. The van der Waals surface area contributed by atoms with Gasteiger partial charge in [-0.15, -0.1) is 0 Å². The Morgan fingerprint density at radius 2 is 1.92 bits per heavy atom. The van der Waals surface area contributed by atoms with Gasteiger partial charge in [0.2, 0.25) is 0 Å². The van der Waals surface area contributed by atoms with Crippen LogP contribution in [0.4, 0.5) is 5.69 Å². The number of carbonyl (C=O) groups excluding carboxylic acids is 2. The van der Waals surface area contributed by atoms with Crippen LogP contribution in [0.3, 0.4) is 0 Å². The summed E-state index contributed by atoms with van der Waals surface area (Å²) in [5, 5.41) is 3.61. The normalized spacial score (nSPS) is 10.6. The monoisotopic (exact) mass is 337 g/mol. The van der Waals surface area contributed by atoms with E-state index in [0.29, 0.717) is 5.69 Å². The van der Waals surface area contributed by atoms with E-state index >= 15 is 0 Å². The third kappa shape index (κ3) is 4.07. The molecule has 3 rings (SSSR count). The van der Waals surface area contributed by atoms with E-state index in [1.54, 1.807) is 12.3 Å². The van der Waals surface area contributed by atoms with Crippen LogP contribution >= 0.6 is 0 Å². The topological polar surface area (TPSA) is 68.5 Å². The molecule has 5 heteroatoms. The molecular formula is C20H19NO4. The predicted molar refractivity (Wildman–Crippen MR) is 95.4 cm³/mol. The van der Waals surface area contributed by atoms with Crippen LogP contribution in [0.15, 0.2) is 53.1 Å². The van der Waals surface area contributed by atoms with Crippen molar-refractivity contribution in [1.29, 1.82) is 0 Å². The van der Waals surface area contributed by atoms with Crippen molar-refractivity contribution in [3.8, 4) is 0 Å². The molecule has 0 radical (unpaired) electrons. The van der Waals surface area contributed by atoms with Gasteiger partial charge in [0.1, 0.15) is 5.58 Å². The highest BCUT2D eigenvalue weighted by Gasteiger charge is 2.13. The number of furan rings is 1. The number of benzene rings is 2. The lowest BCUT2D eigenvalue weighted by Gasteiger charge is -2.08. The van der Waals surface area contributed by atoms with E-state index in [1.165, 1.54) is 0 Å². The Bertz CT molecular complexity index is 926. The minimum atomic E-state index is -0.469. The van der Waals surface area contributed by atoms with Crippen LogP contribution in [-0.4, -0.2) is 18.5 Å². The van der Waals surface area contributed by atoms with Gasteiger partial charge in [-0.2, -0.15) is 0 Å². The molecular weight excluding hydrogens is 318 g/mol. The van der Waals surface area contributed by atoms with Gasteiger partial charge in [0.15, 0.2) is 6.61 Å². The molecule has 0 unspecified atom stereocenters. The van der Waals surface area contributed by atoms with Gasteiger partial charge >= 0.3 is 5.97 Å². The number of hydrogen-bond acceptors (Lipinski definition) is 4. The Labute approximate surface area is 145 Å². The first-order valence-electron chi connectivity index (χ1n) is 8.01. The number of nitrogens with one attached hydrogen (secondary N) is 1. The quantitative estimate of drug-likeness (QED) is 0.720. The molecule has 5 nitrogen and oxygen atoms in total. The summed E-state index contributed by atoms with van der Waals surface area (Å²) < 4.78 is 10.5. The third-order valence-electron chi connectivity index (χ3n) is 3.93. The Hall–Kier alpha value is -3.08. The maximum Gasteiger partial charge on any atom is 0.310 e. The van der Waals surface area contributed by atoms with Gasteiger partial charge in [-0.05, 0) is 37.1 Å². The Morgan fingerprint density at radius 1 is 1.12 bits per heavy atom. The number of esters is 1. The molecule has 3 aromatic rings. The molecule has 0 fully saturated rings. The van der Waals surface area contributed by atoms with Gasteiger partial charge in [-0.25, -0.2) is 0 Å². The number of para-hydroxylation sites is 1. The van der Waals surface area contributed by atoms with E-state index < -0.39 is 5.97 Å². The summed E-state index contributed by atoms with van der Waals surface area (Å²) in [7, 11) is 0. The van der Waals surface area contributed by atoms with Crippen LogP contribution in [0.25, 0.3) is 11.0 Å². The molecule has 1 heterocycles. The molecule has 1 aromatic heterocycles. The molecule has 2 aromatic carbocycles. The van der Waals surface area contributed by atoms with E-state index in [9.17, 15) is 9.59 Å². The third-order valence-corrected chi connectivity index (χ3v) is 3.93. The lowest BCUT2D eigenvalue weighted by Crippen LogP contribution is -2.22. The van der Waals surface area contributed by atoms with Crippen molar-refractivity contribution in [2.24, 2.45) is 0 Å². The fraction of sp³-hybridized carbons (Fsp3) is 0.200. The summed E-state index contributed by atoms with van der Waals surface area (Å²) in [6.07, 6.45) is 1.62. The number of carbonyl (C=O) groups is 2. The van der Waals surface area contributed by atoms with Gasteiger partial charge in [0.25, 0.3) is 5.91 Å². The first-order chi connectivity index (χ1) is 12.0. The lowest BCUT2D eigenvalue weighted by molar-refractivity contribution is -0.146. The summed E-state index contributed by atoms with van der Waals surface area (Å²) in [6, 6.07) is 13.2. The minimum absolute atomic E-state index is 0.0632. The largest absolute Gasteiger partial charge is 0.464 e. The molecule has 0 aliphatic heterocycles. The van der Waals surface area contributed by atoms with Crippen molar-refractivity contribution in [3.05, 3.63) is 65.4 Å². The molecule has 0 aliphatic carbocycles. The zero-order valence-electron chi connectivity index (χ0n) is 14.2. The van der Waals surface area contributed by atoms with E-state index in [4.69, 9.17) is 9.15 Å². The van der Waals surface area contributed by atoms with Crippen molar-refractivity contribution < 1.29 is 18.7 Å². The van der Waals surface area contributed by atoms with Crippen LogP contribution in [0, 0.1) is 13.8 Å². The molecule has 0 spiro atoms. The number of rotatable bonds is 5. The first-order valence-corrected chi connectivity index (χ1v) is 8.01. The fourth-order valence-corrected chi connectivity index (χ4v) is 2.58. The maximum absolute atomic E-state index is 12.0. The van der Waals surface area contributed by atoms with Crippen molar-refractivity contribution in [2.75, 3.05) is 11.9 Å². The number of aryl methyl sites for hydroxylation is 2. The van der Waals surface area contributed by atoms with Gasteiger partial charge < -0.3 is 14.5 Å². The summed E-state index contributed by atoms with van der Waals surface area (Å²) in [6.45, 7) is 3.55. The zero-order chi connectivity index (χ0) is 17.8. The molecule has 1 N–H and O–H groups in total. The number of ether oxygens (including phenoxy) is 1. The maximum atomic E-state index is 12.0. The van der Waals surface area contributed by atoms with E-state index in [1.807, 2.05) is 50.2 Å². The van der Waals surface area contributed by atoms with Crippen LogP contribution in [0.5, 0.6) is 0 Å². The highest BCUT2D eigenvalue weighted by Crippen LogP contribution is 2.23. The Kier molecular flexibility index (Phi) is 4.84. The smallest absolute Gasteiger partial charge is 0.310 e. The summed E-state index contributed by atoms with van der Waals surface area (Å²) in [4.78, 5) is 23.9. The van der Waals surface area contributed by atoms with Crippen molar-refractivity contribution in [2.45, 2.75) is 20.3 Å². The molecule has 128 valence electrons. The standard InChI is InChI=1S/C20H19NO4/c1-13-7-8-16-15(11-24-18(16)9-13)10-20(23)25-12-19(22)21-17-6-4-3-5-14(17)2/h3-9,11H,10,12H2,1-2H3,(H,21,22). The number of anilines is 1. The second-order valence-electron chi connectivity index (χ2n) is 5.96. The Morgan fingerprint density at radius 3 is 2.72 bits per heavy atom. The van der Waals surface area contributed by atoms with Crippen molar-refractivity contribution >= 4 is 28.5 Å². The molecule has 25 heavy (non-hydrogen) atoms. The summed E-state index contributed by atoms with van der Waals surface area (Å²) in [5.41, 5.74) is 4.23. The van der Waals surface area contributed by atoms with E-state index in [-0.39, 0.29) is 18.9 Å². The lowest BCUT2D eigenvalue weighted by atomic mass is 10.1. The summed E-state index contributed by atoms with van der Waals surface area (Å²) in [5.74, 6) is -0.835. The number of amides is 1. The van der Waals surface area contributed by atoms with Gasteiger partial charge in [-0.3, -0.25) is 9.59 Å². The fourth-order valence-electron chi connectivity index (χ4n) is 2.58. The van der Waals surface area contributed by atoms with Gasteiger partial charge in [0, 0.05) is 16.6 Å². The molecule has 0 atom stereocenters. The number of fused-ring (bicyclic) bond motifs is 1. The van der Waals surface area contributed by atoms with Crippen LogP contribution in [-0.2, 0) is 20.7 Å². The van der Waals surface area contributed by atoms with E-state index in [2.05, 4.69) is 5.32 Å². The predicted octanol–water partition coefficient (Wildman–Crippen LogP) is 3.77. The molecule has 0 aliphatic rings. The minimum Gasteiger partial charge on any atom is -0.464 e. The molecule has 0 saturated heterocycles. The second-order valence-corrected chi connectivity index (χ2v) is 5.96. The van der Waals surface area contributed by atoms with E-state index in [0.717, 1.165) is 27.7 Å². The highest BCUT2D eigenvalue weighted by atomic mass is 16.5. The van der Waals surface area contributed by atoms with Gasteiger partial charge in [0.05, 0.1) is 12.7 Å². The van der Waals surface area contributed by atoms with Crippen LogP contribution in [0.1, 0.15) is 16.7 Å². The van der Waals surface area contributed by atoms with Crippen molar-refractivity contribution in [1.82, 2.24) is 0 Å². The highest BCUT2D eigenvalue weighted by molar-refractivity contribution is 5.94. The second kappa shape index (κ2) is 7.21. The SMILES string of the molecule is Cc1ccc2c(CC(=O)OCC(=O)Nc3ccccc3C)coc2c1. The average Bonchev–Trinajstić information content (AvgIpc) is 2.97. The van der Waals surface area contributed by atoms with Crippen LogP contribution < -0.4 is 5.32 Å². The summed E-state index contributed by atoms with van der Waals surface area (Å²) >= 11 is 0. The molecule has 0 saturated carbocycles. The van der Waals surface area contributed by atoms with Gasteiger partial charge in [-0.1, -0.05) is 30.3 Å². The Balaban J connectivity index is 1.55. The number of hydrogen-bond donors (Lipinski definition) is 1. The van der Waals surface area contributed by atoms with Crippen LogP contribution in [0.2, 0.25) is 0 Å².